The summed E-state index contributed by atoms with van der Waals surface area (Å²) in [6.45, 7) is 10.5. The smallest absolute Gasteiger partial charge is 0.180 e. The maximum Gasteiger partial charge on any atom is 0.180 e. The summed E-state index contributed by atoms with van der Waals surface area (Å²) in [6, 6.07) is 0. The van der Waals surface area contributed by atoms with Gasteiger partial charge in [0.25, 0.3) is 0 Å². The molecule has 0 atom stereocenters. The molecule has 0 aromatic heterocycles. The molecule has 2 nitrogen and oxygen atoms in total. The fraction of sp³-hybridized carbons (Fsp3) is 0.727. The lowest BCUT2D eigenvalue weighted by Crippen LogP contribution is -2.23. The number of nitrogens with one attached hydrogen (secondary N) is 1. The van der Waals surface area contributed by atoms with Gasteiger partial charge in [0.15, 0.2) is 5.78 Å². The minimum atomic E-state index is 0.0474. The molecule has 0 bridgehead atoms. The van der Waals surface area contributed by atoms with E-state index in [0.717, 1.165) is 13.0 Å². The van der Waals surface area contributed by atoms with Gasteiger partial charge in [-0.25, -0.2) is 0 Å². The topological polar surface area (TPSA) is 29.1 Å². The van der Waals surface area contributed by atoms with Crippen molar-refractivity contribution in [1.29, 1.82) is 0 Å². The molecule has 13 heavy (non-hydrogen) atoms. The molecule has 0 heterocycles. The minimum absolute atomic E-state index is 0.0474. The number of Topliss-reactive ketones (excluding diaryl/α,β-unsaturated/α-hetero) is 1. The Morgan fingerprint density at radius 2 is 2.00 bits per heavy atom. The molecule has 0 spiro atoms. The van der Waals surface area contributed by atoms with Gasteiger partial charge in [0.05, 0.1) is 5.70 Å². The van der Waals surface area contributed by atoms with Crippen molar-refractivity contribution in [2.45, 2.75) is 40.0 Å². The SMILES string of the molecule is C=C(NCCCCC)C(=O)C(C)C. The molecule has 0 aromatic rings. The van der Waals surface area contributed by atoms with Gasteiger partial charge in [0.2, 0.25) is 0 Å². The Morgan fingerprint density at radius 1 is 1.38 bits per heavy atom. The number of allylic oxidation sites excluding steroid dienone is 1. The minimum Gasteiger partial charge on any atom is -0.383 e. The lowest BCUT2D eigenvalue weighted by molar-refractivity contribution is -0.118. The van der Waals surface area contributed by atoms with Gasteiger partial charge >= 0.3 is 0 Å². The van der Waals surface area contributed by atoms with Crippen molar-refractivity contribution in [3.05, 3.63) is 12.3 Å². The van der Waals surface area contributed by atoms with Crippen LogP contribution < -0.4 is 5.32 Å². The van der Waals surface area contributed by atoms with Crippen LogP contribution in [0.2, 0.25) is 0 Å². The summed E-state index contributed by atoms with van der Waals surface area (Å²) < 4.78 is 0. The maximum atomic E-state index is 11.3. The molecule has 0 aromatic carbocycles. The first kappa shape index (κ1) is 12.2. The van der Waals surface area contributed by atoms with Crippen LogP contribution in [-0.4, -0.2) is 12.3 Å². The molecule has 0 radical (unpaired) electrons. The van der Waals surface area contributed by atoms with Crippen molar-refractivity contribution in [2.24, 2.45) is 5.92 Å². The van der Waals surface area contributed by atoms with Crippen molar-refractivity contribution in [1.82, 2.24) is 5.32 Å². The Morgan fingerprint density at radius 3 is 2.46 bits per heavy atom. The van der Waals surface area contributed by atoms with E-state index in [1.165, 1.54) is 12.8 Å². The first-order valence-corrected chi connectivity index (χ1v) is 5.06. The normalized spacial score (nSPS) is 10.2. The Balaban J connectivity index is 3.57. The van der Waals surface area contributed by atoms with E-state index in [1.54, 1.807) is 0 Å². The summed E-state index contributed by atoms with van der Waals surface area (Å²) in [5.74, 6) is 0.169. The monoisotopic (exact) mass is 183 g/mol. The van der Waals surface area contributed by atoms with Crippen LogP contribution in [0.3, 0.4) is 0 Å². The summed E-state index contributed by atoms with van der Waals surface area (Å²) in [5.41, 5.74) is 0.561. The fourth-order valence-corrected chi connectivity index (χ4v) is 1.05. The van der Waals surface area contributed by atoms with Crippen molar-refractivity contribution in [3.8, 4) is 0 Å². The zero-order chi connectivity index (χ0) is 10.3. The van der Waals surface area contributed by atoms with E-state index in [2.05, 4.69) is 18.8 Å². The van der Waals surface area contributed by atoms with E-state index in [9.17, 15) is 4.79 Å². The van der Waals surface area contributed by atoms with Gasteiger partial charge in [-0.15, -0.1) is 0 Å². The van der Waals surface area contributed by atoms with Crippen LogP contribution in [0.1, 0.15) is 40.0 Å². The van der Waals surface area contributed by atoms with Gasteiger partial charge in [-0.05, 0) is 6.42 Å². The average Bonchev–Trinajstić information content (AvgIpc) is 2.10. The van der Waals surface area contributed by atoms with E-state index in [4.69, 9.17) is 0 Å². The lowest BCUT2D eigenvalue weighted by Gasteiger charge is -2.09. The first-order valence-electron chi connectivity index (χ1n) is 5.06. The summed E-state index contributed by atoms with van der Waals surface area (Å²) in [6.07, 6.45) is 3.52. The Hall–Kier alpha value is -0.790. The summed E-state index contributed by atoms with van der Waals surface area (Å²) in [7, 11) is 0. The molecular weight excluding hydrogens is 162 g/mol. The number of carbonyl (C=O) groups is 1. The van der Waals surface area contributed by atoms with Gasteiger partial charge in [0, 0.05) is 12.5 Å². The number of unbranched alkanes of at least 4 members (excludes halogenated alkanes) is 2. The summed E-state index contributed by atoms with van der Waals surface area (Å²) in [4.78, 5) is 11.3. The van der Waals surface area contributed by atoms with E-state index >= 15 is 0 Å². The molecule has 0 fully saturated rings. The molecule has 1 N–H and O–H groups in total. The fourth-order valence-electron chi connectivity index (χ4n) is 1.05. The van der Waals surface area contributed by atoms with Crippen molar-refractivity contribution >= 4 is 5.78 Å². The highest BCUT2D eigenvalue weighted by Gasteiger charge is 2.09. The van der Waals surface area contributed by atoms with E-state index in [-0.39, 0.29) is 11.7 Å². The Labute approximate surface area is 81.4 Å². The number of carbonyl (C=O) groups excluding carboxylic acids is 1. The van der Waals surface area contributed by atoms with Gasteiger partial charge in [-0.1, -0.05) is 40.2 Å². The van der Waals surface area contributed by atoms with Crippen LogP contribution in [-0.2, 0) is 4.79 Å². The van der Waals surface area contributed by atoms with Crippen molar-refractivity contribution in [3.63, 3.8) is 0 Å². The van der Waals surface area contributed by atoms with Crippen LogP contribution in [0.5, 0.6) is 0 Å². The molecule has 0 amide bonds. The predicted molar refractivity (Wildman–Crippen MR) is 56.5 cm³/mol. The molecule has 0 aliphatic carbocycles. The molecular formula is C11H21NO. The third-order valence-electron chi connectivity index (χ3n) is 1.94. The Kier molecular flexibility index (Phi) is 6.29. The van der Waals surface area contributed by atoms with Crippen LogP contribution >= 0.6 is 0 Å². The first-order chi connectivity index (χ1) is 6.09. The van der Waals surface area contributed by atoms with Crippen molar-refractivity contribution in [2.75, 3.05) is 6.54 Å². The van der Waals surface area contributed by atoms with Gasteiger partial charge < -0.3 is 5.32 Å². The quantitative estimate of drug-likeness (QED) is 0.485. The molecule has 0 saturated carbocycles. The van der Waals surface area contributed by atoms with Crippen LogP contribution in [0.4, 0.5) is 0 Å². The lowest BCUT2D eigenvalue weighted by atomic mass is 10.1. The van der Waals surface area contributed by atoms with Crippen molar-refractivity contribution < 1.29 is 4.79 Å². The average molecular weight is 183 g/mol. The van der Waals surface area contributed by atoms with Gasteiger partial charge in [0.1, 0.15) is 0 Å². The molecule has 2 heteroatoms. The highest BCUT2D eigenvalue weighted by Crippen LogP contribution is 2.01. The zero-order valence-electron chi connectivity index (χ0n) is 9.02. The second-order valence-corrected chi connectivity index (χ2v) is 3.63. The van der Waals surface area contributed by atoms with E-state index in [1.807, 2.05) is 13.8 Å². The Bertz CT molecular complexity index is 173. The highest BCUT2D eigenvalue weighted by atomic mass is 16.1. The largest absolute Gasteiger partial charge is 0.383 e. The molecule has 0 aliphatic heterocycles. The zero-order valence-corrected chi connectivity index (χ0v) is 9.02. The molecule has 76 valence electrons. The second-order valence-electron chi connectivity index (χ2n) is 3.63. The van der Waals surface area contributed by atoms with E-state index in [0.29, 0.717) is 5.70 Å². The van der Waals surface area contributed by atoms with Crippen LogP contribution in [0.25, 0.3) is 0 Å². The maximum absolute atomic E-state index is 11.3. The molecule has 0 unspecified atom stereocenters. The number of ketones is 1. The number of hydrogen-bond donors (Lipinski definition) is 1. The highest BCUT2D eigenvalue weighted by molar-refractivity contribution is 5.95. The summed E-state index contributed by atoms with van der Waals surface area (Å²) >= 11 is 0. The molecule has 0 aliphatic rings. The second kappa shape index (κ2) is 6.70. The van der Waals surface area contributed by atoms with Crippen LogP contribution in [0, 0.1) is 5.92 Å². The number of rotatable bonds is 7. The van der Waals surface area contributed by atoms with Gasteiger partial charge in [-0.2, -0.15) is 0 Å². The third-order valence-corrected chi connectivity index (χ3v) is 1.94. The number of hydrogen-bond acceptors (Lipinski definition) is 2. The predicted octanol–water partition coefficient (Wildman–Crippen LogP) is 2.51. The molecule has 0 saturated heterocycles. The third kappa shape index (κ3) is 5.45. The standard InChI is InChI=1S/C11H21NO/c1-5-6-7-8-12-10(4)11(13)9(2)3/h9,12H,4-8H2,1-3H3. The molecule has 0 rings (SSSR count). The van der Waals surface area contributed by atoms with Gasteiger partial charge in [-0.3, -0.25) is 4.79 Å². The summed E-state index contributed by atoms with van der Waals surface area (Å²) in [5, 5.41) is 3.05. The van der Waals surface area contributed by atoms with Crippen LogP contribution in [0.15, 0.2) is 12.3 Å². The van der Waals surface area contributed by atoms with E-state index < -0.39 is 0 Å².